The number of carbonyl (C=O) groups excluding carboxylic acids is 1. The van der Waals surface area contributed by atoms with Crippen molar-refractivity contribution in [1.29, 1.82) is 0 Å². The number of piperidine rings is 1. The molecule has 0 saturated carbocycles. The fourth-order valence-electron chi connectivity index (χ4n) is 3.30. The Kier molecular flexibility index (Phi) is 2.82. The lowest BCUT2D eigenvalue weighted by Crippen LogP contribution is -2.55. The van der Waals surface area contributed by atoms with Crippen LogP contribution in [0, 0.1) is 5.92 Å². The molecule has 2 bridgehead atoms. The van der Waals surface area contributed by atoms with Crippen LogP contribution in [-0.2, 0) is 4.74 Å². The van der Waals surface area contributed by atoms with E-state index in [9.17, 15) is 4.79 Å². The van der Waals surface area contributed by atoms with Gasteiger partial charge in [0.25, 0.3) is 0 Å². The molecule has 0 aliphatic carbocycles. The zero-order valence-corrected chi connectivity index (χ0v) is 11.0. The first-order valence-electron chi connectivity index (χ1n) is 7.01. The van der Waals surface area contributed by atoms with Crippen molar-refractivity contribution in [3.8, 4) is 0 Å². The molecule has 1 aromatic carbocycles. The number of Topliss-reactive ketones (excluding diaryl/α,β-unsaturated/α-hetero) is 1. The topological polar surface area (TPSA) is 64.4 Å². The van der Waals surface area contributed by atoms with Crippen LogP contribution in [0.4, 0.5) is 0 Å². The Hall–Kier alpha value is -1.72. The zero-order chi connectivity index (χ0) is 13.5. The number of fused-ring (bicyclic) bond motifs is 3. The standard InChI is InChI=1S/C15H16N2O3/c18-15(9-1-2-14-13(5-9)16-8-20-14)10-3-11-6-19-7-12(4-10)17-11/h1-2,5,8,10-12,17H,3-4,6-7H2. The third-order valence-corrected chi connectivity index (χ3v) is 4.23. The monoisotopic (exact) mass is 272 g/mol. The van der Waals surface area contributed by atoms with Gasteiger partial charge in [-0.1, -0.05) is 0 Å². The minimum atomic E-state index is 0.0829. The molecule has 1 N–H and O–H groups in total. The molecule has 2 fully saturated rings. The number of benzene rings is 1. The SMILES string of the molecule is O=C(c1ccc2ocnc2c1)C1CC2COCC(C1)N2. The Morgan fingerprint density at radius 2 is 2.05 bits per heavy atom. The molecular formula is C15H16N2O3. The summed E-state index contributed by atoms with van der Waals surface area (Å²) >= 11 is 0. The maximum Gasteiger partial charge on any atom is 0.181 e. The molecule has 5 nitrogen and oxygen atoms in total. The number of ketones is 1. The smallest absolute Gasteiger partial charge is 0.181 e. The van der Waals surface area contributed by atoms with Crippen LogP contribution < -0.4 is 5.32 Å². The second-order valence-corrected chi connectivity index (χ2v) is 5.67. The average molecular weight is 272 g/mol. The van der Waals surface area contributed by atoms with E-state index in [4.69, 9.17) is 9.15 Å². The fraction of sp³-hybridized carbons (Fsp3) is 0.467. The first-order valence-corrected chi connectivity index (χ1v) is 7.01. The lowest BCUT2D eigenvalue weighted by Gasteiger charge is -2.39. The summed E-state index contributed by atoms with van der Waals surface area (Å²) in [6, 6.07) is 6.11. The largest absolute Gasteiger partial charge is 0.443 e. The molecule has 0 amide bonds. The highest BCUT2D eigenvalue weighted by Gasteiger charge is 2.35. The molecular weight excluding hydrogens is 256 g/mol. The predicted octanol–water partition coefficient (Wildman–Crippen LogP) is 1.78. The van der Waals surface area contributed by atoms with Crippen LogP contribution in [0.5, 0.6) is 0 Å². The molecule has 1 aromatic heterocycles. The summed E-state index contributed by atoms with van der Waals surface area (Å²) in [6.45, 7) is 1.42. The number of morpholine rings is 1. The fourth-order valence-corrected chi connectivity index (χ4v) is 3.30. The number of carbonyl (C=O) groups is 1. The summed E-state index contributed by atoms with van der Waals surface area (Å²) in [7, 11) is 0. The van der Waals surface area contributed by atoms with E-state index >= 15 is 0 Å². The van der Waals surface area contributed by atoms with Gasteiger partial charge in [-0.15, -0.1) is 0 Å². The van der Waals surface area contributed by atoms with Crippen molar-refractivity contribution >= 4 is 16.9 Å². The molecule has 5 heteroatoms. The molecule has 2 aliphatic rings. The van der Waals surface area contributed by atoms with E-state index in [1.54, 1.807) is 0 Å². The Balaban J connectivity index is 1.59. The van der Waals surface area contributed by atoms with Crippen molar-refractivity contribution in [1.82, 2.24) is 10.3 Å². The Labute approximate surface area is 116 Å². The van der Waals surface area contributed by atoms with Crippen LogP contribution in [0.3, 0.4) is 0 Å². The second kappa shape index (κ2) is 4.68. The van der Waals surface area contributed by atoms with Crippen LogP contribution in [0.25, 0.3) is 11.1 Å². The summed E-state index contributed by atoms with van der Waals surface area (Å²) in [5, 5.41) is 3.51. The number of ether oxygens (including phenoxy) is 1. The van der Waals surface area contributed by atoms with Gasteiger partial charge in [-0.2, -0.15) is 0 Å². The maximum absolute atomic E-state index is 12.7. The first-order chi connectivity index (χ1) is 9.79. The van der Waals surface area contributed by atoms with Gasteiger partial charge < -0.3 is 14.5 Å². The van der Waals surface area contributed by atoms with Crippen molar-refractivity contribution in [3.05, 3.63) is 30.2 Å². The highest BCUT2D eigenvalue weighted by atomic mass is 16.5. The third-order valence-electron chi connectivity index (χ3n) is 4.23. The first kappa shape index (κ1) is 12.1. The molecule has 3 heterocycles. The number of aromatic nitrogens is 1. The highest BCUT2D eigenvalue weighted by Crippen LogP contribution is 2.28. The van der Waals surface area contributed by atoms with Crippen LogP contribution >= 0.6 is 0 Å². The van der Waals surface area contributed by atoms with Gasteiger partial charge in [0.2, 0.25) is 0 Å². The normalized spacial score (nSPS) is 29.5. The van der Waals surface area contributed by atoms with Gasteiger partial charge in [0.05, 0.1) is 13.2 Å². The van der Waals surface area contributed by atoms with E-state index in [2.05, 4.69) is 10.3 Å². The van der Waals surface area contributed by atoms with E-state index in [-0.39, 0.29) is 11.7 Å². The summed E-state index contributed by atoms with van der Waals surface area (Å²) < 4.78 is 10.7. The number of nitrogens with zero attached hydrogens (tertiary/aromatic N) is 1. The van der Waals surface area contributed by atoms with Gasteiger partial charge in [0.15, 0.2) is 17.8 Å². The van der Waals surface area contributed by atoms with Crippen molar-refractivity contribution < 1.29 is 13.9 Å². The summed E-state index contributed by atoms with van der Waals surface area (Å²) in [5.74, 6) is 0.299. The van der Waals surface area contributed by atoms with Gasteiger partial charge in [0, 0.05) is 23.6 Å². The Morgan fingerprint density at radius 3 is 2.85 bits per heavy atom. The number of rotatable bonds is 2. The predicted molar refractivity (Wildman–Crippen MR) is 72.6 cm³/mol. The van der Waals surface area contributed by atoms with E-state index in [1.807, 2.05) is 18.2 Å². The van der Waals surface area contributed by atoms with E-state index < -0.39 is 0 Å². The van der Waals surface area contributed by atoms with Crippen molar-refractivity contribution in [2.24, 2.45) is 5.92 Å². The summed E-state index contributed by atoms with van der Waals surface area (Å²) in [5.41, 5.74) is 2.20. The lowest BCUT2D eigenvalue weighted by molar-refractivity contribution is 0.00953. The maximum atomic E-state index is 12.7. The van der Waals surface area contributed by atoms with Crippen molar-refractivity contribution in [2.45, 2.75) is 24.9 Å². The number of hydrogen-bond donors (Lipinski definition) is 1. The quantitative estimate of drug-likeness (QED) is 0.844. The van der Waals surface area contributed by atoms with Crippen LogP contribution in [-0.4, -0.2) is 36.1 Å². The highest BCUT2D eigenvalue weighted by molar-refractivity contribution is 6.00. The van der Waals surface area contributed by atoms with Gasteiger partial charge in [0.1, 0.15) is 5.52 Å². The van der Waals surface area contributed by atoms with Gasteiger partial charge in [-0.05, 0) is 31.0 Å². The molecule has 20 heavy (non-hydrogen) atoms. The van der Waals surface area contributed by atoms with E-state index in [0.717, 1.165) is 29.5 Å². The molecule has 0 radical (unpaired) electrons. The van der Waals surface area contributed by atoms with Gasteiger partial charge >= 0.3 is 0 Å². The van der Waals surface area contributed by atoms with E-state index in [1.165, 1.54) is 6.39 Å². The van der Waals surface area contributed by atoms with Gasteiger partial charge in [-0.25, -0.2) is 4.98 Å². The van der Waals surface area contributed by atoms with E-state index in [0.29, 0.717) is 25.3 Å². The summed E-state index contributed by atoms with van der Waals surface area (Å²) in [6.07, 6.45) is 3.11. The molecule has 2 unspecified atom stereocenters. The minimum absolute atomic E-state index is 0.0829. The number of nitrogens with one attached hydrogen (secondary N) is 1. The zero-order valence-electron chi connectivity index (χ0n) is 11.0. The van der Waals surface area contributed by atoms with Crippen LogP contribution in [0.15, 0.2) is 29.0 Å². The molecule has 2 saturated heterocycles. The van der Waals surface area contributed by atoms with Crippen LogP contribution in [0.2, 0.25) is 0 Å². The van der Waals surface area contributed by atoms with Crippen LogP contribution in [0.1, 0.15) is 23.2 Å². The van der Waals surface area contributed by atoms with Gasteiger partial charge in [-0.3, -0.25) is 4.79 Å². The Morgan fingerprint density at radius 1 is 1.25 bits per heavy atom. The average Bonchev–Trinajstić information content (AvgIpc) is 2.93. The van der Waals surface area contributed by atoms with Crippen molar-refractivity contribution in [3.63, 3.8) is 0 Å². The van der Waals surface area contributed by atoms with Crippen molar-refractivity contribution in [2.75, 3.05) is 13.2 Å². The Bertz CT molecular complexity index is 639. The summed E-state index contributed by atoms with van der Waals surface area (Å²) in [4.78, 5) is 16.8. The second-order valence-electron chi connectivity index (χ2n) is 5.67. The molecule has 104 valence electrons. The number of hydrogen-bond acceptors (Lipinski definition) is 5. The lowest BCUT2D eigenvalue weighted by atomic mass is 9.82. The minimum Gasteiger partial charge on any atom is -0.443 e. The molecule has 2 aliphatic heterocycles. The molecule has 2 aromatic rings. The molecule has 0 spiro atoms. The molecule has 4 rings (SSSR count). The third kappa shape index (κ3) is 2.03. The number of oxazole rings is 1. The molecule has 2 atom stereocenters.